The molecule has 7 nitrogen and oxygen atoms in total. The van der Waals surface area contributed by atoms with Gasteiger partial charge in [0, 0.05) is 20.0 Å². The van der Waals surface area contributed by atoms with Gasteiger partial charge >= 0.3 is 0 Å². The second-order valence-electron chi connectivity index (χ2n) is 4.33. The van der Waals surface area contributed by atoms with E-state index < -0.39 is 0 Å². The zero-order valence-electron chi connectivity index (χ0n) is 10.2. The fourth-order valence-electron chi connectivity index (χ4n) is 2.06. The van der Waals surface area contributed by atoms with Crippen molar-refractivity contribution in [3.8, 4) is 0 Å². The summed E-state index contributed by atoms with van der Waals surface area (Å²) in [4.78, 5) is 0. The molecule has 0 aromatic carbocycles. The van der Waals surface area contributed by atoms with Gasteiger partial charge in [0.05, 0.1) is 5.75 Å². The number of thioether (sulfide) groups is 1. The molecule has 96 valence electrons. The van der Waals surface area contributed by atoms with Gasteiger partial charge in [0.2, 0.25) is 5.95 Å². The Morgan fingerprint density at radius 2 is 2.11 bits per heavy atom. The molecule has 3 rings (SSSR count). The van der Waals surface area contributed by atoms with Crippen molar-refractivity contribution in [2.75, 3.05) is 5.73 Å². The summed E-state index contributed by atoms with van der Waals surface area (Å²) >= 11 is 1.58. The average molecular weight is 265 g/mol. The fourth-order valence-corrected chi connectivity index (χ4v) is 2.91. The van der Waals surface area contributed by atoms with E-state index in [1.807, 2.05) is 7.05 Å². The molecule has 0 unspecified atom stereocenters. The number of nitrogens with zero attached hydrogens (tertiary/aromatic N) is 6. The average Bonchev–Trinajstić information content (AvgIpc) is 2.94. The number of aromatic nitrogens is 6. The first-order valence-corrected chi connectivity index (χ1v) is 6.93. The molecule has 2 aromatic heterocycles. The summed E-state index contributed by atoms with van der Waals surface area (Å²) in [7, 11) is 1.86. The highest BCUT2D eigenvalue weighted by Crippen LogP contribution is 2.23. The number of nitrogens with two attached hydrogens (primary N) is 1. The van der Waals surface area contributed by atoms with Crippen LogP contribution in [0.15, 0.2) is 5.16 Å². The molecule has 1 aliphatic rings. The van der Waals surface area contributed by atoms with Crippen molar-refractivity contribution < 1.29 is 0 Å². The standard InChI is InChI=1S/C10H15N7S/c1-16-9(11)14-15-10(16)18-6-8-13-12-7-4-2-3-5-17(7)8/h2-6H2,1H3,(H2,11,14). The van der Waals surface area contributed by atoms with Crippen molar-refractivity contribution in [1.82, 2.24) is 29.5 Å². The third-order valence-corrected chi connectivity index (χ3v) is 4.15. The second-order valence-corrected chi connectivity index (χ2v) is 5.27. The molecule has 0 saturated heterocycles. The van der Waals surface area contributed by atoms with Crippen LogP contribution in [0, 0.1) is 0 Å². The van der Waals surface area contributed by atoms with E-state index in [2.05, 4.69) is 25.0 Å². The minimum atomic E-state index is 0.431. The number of aryl methyl sites for hydroxylation is 1. The Labute approximate surface area is 109 Å². The van der Waals surface area contributed by atoms with Crippen LogP contribution in [0.2, 0.25) is 0 Å². The molecule has 18 heavy (non-hydrogen) atoms. The van der Waals surface area contributed by atoms with Crippen molar-refractivity contribution in [1.29, 1.82) is 0 Å². The number of hydrogen-bond acceptors (Lipinski definition) is 6. The van der Waals surface area contributed by atoms with E-state index >= 15 is 0 Å². The Hall–Kier alpha value is -1.57. The summed E-state index contributed by atoms with van der Waals surface area (Å²) in [6.45, 7) is 1.03. The SMILES string of the molecule is Cn1c(N)nnc1SCc1nnc2n1CCCC2. The van der Waals surface area contributed by atoms with E-state index in [1.165, 1.54) is 12.8 Å². The molecule has 0 radical (unpaired) electrons. The fraction of sp³-hybridized carbons (Fsp3) is 0.600. The number of hydrogen-bond donors (Lipinski definition) is 1. The van der Waals surface area contributed by atoms with Crippen LogP contribution in [0.3, 0.4) is 0 Å². The molecule has 0 spiro atoms. The van der Waals surface area contributed by atoms with E-state index in [0.29, 0.717) is 5.95 Å². The largest absolute Gasteiger partial charge is 0.368 e. The van der Waals surface area contributed by atoms with Gasteiger partial charge in [-0.3, -0.25) is 4.57 Å². The third kappa shape index (κ3) is 1.96. The Morgan fingerprint density at radius 1 is 1.22 bits per heavy atom. The quantitative estimate of drug-likeness (QED) is 0.818. The first-order chi connectivity index (χ1) is 8.75. The molecule has 2 N–H and O–H groups in total. The molecule has 8 heteroatoms. The topological polar surface area (TPSA) is 87.4 Å². The lowest BCUT2D eigenvalue weighted by Crippen LogP contribution is -2.12. The van der Waals surface area contributed by atoms with Crippen LogP contribution >= 0.6 is 11.8 Å². The molecule has 0 bridgehead atoms. The molecular weight excluding hydrogens is 250 g/mol. The first-order valence-electron chi connectivity index (χ1n) is 5.94. The van der Waals surface area contributed by atoms with Crippen LogP contribution < -0.4 is 5.73 Å². The summed E-state index contributed by atoms with van der Waals surface area (Å²) < 4.78 is 3.99. The van der Waals surface area contributed by atoms with Gasteiger partial charge in [0.15, 0.2) is 5.16 Å². The van der Waals surface area contributed by atoms with Crippen molar-refractivity contribution in [2.24, 2.45) is 7.05 Å². The summed E-state index contributed by atoms with van der Waals surface area (Å²) in [6.07, 6.45) is 3.46. The van der Waals surface area contributed by atoms with Gasteiger partial charge in [-0.25, -0.2) is 0 Å². The van der Waals surface area contributed by atoms with Gasteiger partial charge in [0.1, 0.15) is 11.6 Å². The molecule has 0 saturated carbocycles. The van der Waals surface area contributed by atoms with Gasteiger partial charge in [-0.1, -0.05) is 11.8 Å². The van der Waals surface area contributed by atoms with E-state index in [-0.39, 0.29) is 0 Å². The van der Waals surface area contributed by atoms with Crippen LogP contribution in [0.1, 0.15) is 24.5 Å². The van der Waals surface area contributed by atoms with Crippen molar-refractivity contribution in [2.45, 2.75) is 36.7 Å². The number of anilines is 1. The van der Waals surface area contributed by atoms with Crippen molar-refractivity contribution >= 4 is 17.7 Å². The maximum Gasteiger partial charge on any atom is 0.222 e. The van der Waals surface area contributed by atoms with Crippen LogP contribution in [0.25, 0.3) is 0 Å². The highest BCUT2D eigenvalue weighted by Gasteiger charge is 2.16. The molecule has 0 atom stereocenters. The van der Waals surface area contributed by atoms with Crippen LogP contribution in [0.4, 0.5) is 5.95 Å². The van der Waals surface area contributed by atoms with E-state index in [0.717, 1.165) is 35.5 Å². The molecule has 0 fully saturated rings. The van der Waals surface area contributed by atoms with Crippen molar-refractivity contribution in [3.63, 3.8) is 0 Å². The molecule has 1 aliphatic heterocycles. The Balaban J connectivity index is 1.74. The molecular formula is C10H15N7S. The zero-order valence-corrected chi connectivity index (χ0v) is 11.0. The highest BCUT2D eigenvalue weighted by atomic mass is 32.2. The van der Waals surface area contributed by atoms with Gasteiger partial charge < -0.3 is 10.3 Å². The minimum absolute atomic E-state index is 0.431. The Kier molecular flexibility index (Phi) is 2.94. The summed E-state index contributed by atoms with van der Waals surface area (Å²) in [5.74, 6) is 3.30. The van der Waals surface area contributed by atoms with Crippen molar-refractivity contribution in [3.05, 3.63) is 11.6 Å². The van der Waals surface area contributed by atoms with Crippen LogP contribution in [-0.4, -0.2) is 29.5 Å². The predicted molar refractivity (Wildman–Crippen MR) is 67.9 cm³/mol. The number of rotatable bonds is 3. The highest BCUT2D eigenvalue weighted by molar-refractivity contribution is 7.98. The number of nitrogen functional groups attached to an aromatic ring is 1. The Bertz CT molecular complexity index is 559. The van der Waals surface area contributed by atoms with E-state index in [1.54, 1.807) is 16.3 Å². The van der Waals surface area contributed by atoms with Gasteiger partial charge in [0.25, 0.3) is 0 Å². The maximum atomic E-state index is 5.64. The lowest BCUT2D eigenvalue weighted by Gasteiger charge is -2.14. The predicted octanol–water partition coefficient (Wildman–Crippen LogP) is 0.617. The second kappa shape index (κ2) is 4.60. The van der Waals surface area contributed by atoms with Gasteiger partial charge in [-0.2, -0.15) is 0 Å². The summed E-state index contributed by atoms with van der Waals surface area (Å²) in [5, 5.41) is 17.1. The maximum absolute atomic E-state index is 5.64. The molecule has 3 heterocycles. The minimum Gasteiger partial charge on any atom is -0.368 e. The number of fused-ring (bicyclic) bond motifs is 1. The van der Waals surface area contributed by atoms with Gasteiger partial charge in [-0.15, -0.1) is 20.4 Å². The monoisotopic (exact) mass is 265 g/mol. The lowest BCUT2D eigenvalue weighted by molar-refractivity contribution is 0.513. The molecule has 0 aliphatic carbocycles. The van der Waals surface area contributed by atoms with E-state index in [9.17, 15) is 0 Å². The van der Waals surface area contributed by atoms with Gasteiger partial charge in [-0.05, 0) is 12.8 Å². The Morgan fingerprint density at radius 3 is 2.89 bits per heavy atom. The zero-order chi connectivity index (χ0) is 12.5. The smallest absolute Gasteiger partial charge is 0.222 e. The summed E-state index contributed by atoms with van der Waals surface area (Å²) in [5.41, 5.74) is 5.64. The third-order valence-electron chi connectivity index (χ3n) is 3.14. The summed E-state index contributed by atoms with van der Waals surface area (Å²) in [6, 6.07) is 0. The van der Waals surface area contributed by atoms with Crippen LogP contribution in [0.5, 0.6) is 0 Å². The lowest BCUT2D eigenvalue weighted by atomic mass is 10.2. The van der Waals surface area contributed by atoms with Crippen LogP contribution in [-0.2, 0) is 25.8 Å². The molecule has 2 aromatic rings. The van der Waals surface area contributed by atoms with E-state index in [4.69, 9.17) is 5.73 Å². The normalized spacial score (nSPS) is 14.7. The molecule has 0 amide bonds. The first kappa shape index (κ1) is 11.5.